The quantitative estimate of drug-likeness (QED) is 0.739. The van der Waals surface area contributed by atoms with Crippen molar-refractivity contribution in [1.82, 2.24) is 5.32 Å². The second kappa shape index (κ2) is 6.86. The fourth-order valence-electron chi connectivity index (χ4n) is 2.16. The van der Waals surface area contributed by atoms with Crippen molar-refractivity contribution in [3.63, 3.8) is 0 Å². The van der Waals surface area contributed by atoms with E-state index in [0.29, 0.717) is 12.6 Å². The molecule has 0 saturated heterocycles. The van der Waals surface area contributed by atoms with E-state index < -0.39 is 0 Å². The number of nitrogens with one attached hydrogen (secondary N) is 1. The summed E-state index contributed by atoms with van der Waals surface area (Å²) in [6.45, 7) is 2.65. The molecule has 1 unspecified atom stereocenters. The molecule has 0 spiro atoms. The Balaban J connectivity index is 2.33. The molecule has 1 amide bonds. The van der Waals surface area contributed by atoms with Gasteiger partial charge in [0.1, 0.15) is 0 Å². The number of hydrogen-bond acceptors (Lipinski definition) is 3. The molecule has 1 rings (SSSR count). The van der Waals surface area contributed by atoms with Gasteiger partial charge in [0.15, 0.2) is 0 Å². The number of hydrogen-bond donors (Lipinski definition) is 2. The number of amides is 1. The van der Waals surface area contributed by atoms with Crippen LogP contribution in [-0.2, 0) is 9.53 Å². The molecule has 16 heavy (non-hydrogen) atoms. The summed E-state index contributed by atoms with van der Waals surface area (Å²) in [5.41, 5.74) is 5.82. The zero-order valence-electron chi connectivity index (χ0n) is 10.4. The summed E-state index contributed by atoms with van der Waals surface area (Å²) < 4.78 is 5.07. The van der Waals surface area contributed by atoms with Crippen molar-refractivity contribution in [2.24, 2.45) is 11.7 Å². The maximum absolute atomic E-state index is 11.9. The Morgan fingerprint density at radius 2 is 2.06 bits per heavy atom. The third-order valence-corrected chi connectivity index (χ3v) is 3.35. The van der Waals surface area contributed by atoms with Crippen LogP contribution in [0.3, 0.4) is 0 Å². The average molecular weight is 228 g/mol. The van der Waals surface area contributed by atoms with Crippen molar-refractivity contribution in [3.05, 3.63) is 0 Å². The van der Waals surface area contributed by atoms with E-state index in [1.807, 2.05) is 0 Å². The van der Waals surface area contributed by atoms with E-state index >= 15 is 0 Å². The minimum Gasteiger partial charge on any atom is -0.383 e. The van der Waals surface area contributed by atoms with Gasteiger partial charge >= 0.3 is 0 Å². The molecule has 94 valence electrons. The third kappa shape index (κ3) is 4.10. The Kier molecular flexibility index (Phi) is 5.77. The van der Waals surface area contributed by atoms with Gasteiger partial charge in [-0.25, -0.2) is 0 Å². The van der Waals surface area contributed by atoms with Crippen LogP contribution in [0, 0.1) is 5.92 Å². The lowest BCUT2D eigenvalue weighted by molar-refractivity contribution is -0.127. The van der Waals surface area contributed by atoms with Gasteiger partial charge in [-0.2, -0.15) is 0 Å². The standard InChI is InChI=1S/C12H24N2O2/c1-3-11(8-16-2)14-12(15)9-4-6-10(13)7-5-9/h9-11H,3-8,13H2,1-2H3,(H,14,15). The fourth-order valence-corrected chi connectivity index (χ4v) is 2.16. The van der Waals surface area contributed by atoms with E-state index in [4.69, 9.17) is 10.5 Å². The molecule has 3 N–H and O–H groups in total. The van der Waals surface area contributed by atoms with Gasteiger partial charge in [0.05, 0.1) is 12.6 Å². The van der Waals surface area contributed by atoms with Crippen LogP contribution in [0.5, 0.6) is 0 Å². The highest BCUT2D eigenvalue weighted by atomic mass is 16.5. The Labute approximate surface area is 97.9 Å². The highest BCUT2D eigenvalue weighted by Gasteiger charge is 2.25. The molecular formula is C12H24N2O2. The number of ether oxygens (including phenoxy) is 1. The molecule has 0 bridgehead atoms. The summed E-state index contributed by atoms with van der Waals surface area (Å²) in [6, 6.07) is 0.443. The average Bonchev–Trinajstić information content (AvgIpc) is 2.29. The van der Waals surface area contributed by atoms with Crippen molar-refractivity contribution < 1.29 is 9.53 Å². The Hall–Kier alpha value is -0.610. The van der Waals surface area contributed by atoms with E-state index in [-0.39, 0.29) is 17.9 Å². The Morgan fingerprint density at radius 3 is 2.56 bits per heavy atom. The third-order valence-electron chi connectivity index (χ3n) is 3.35. The lowest BCUT2D eigenvalue weighted by atomic mass is 9.86. The molecule has 1 saturated carbocycles. The monoisotopic (exact) mass is 228 g/mol. The van der Waals surface area contributed by atoms with Crippen molar-refractivity contribution in [2.45, 2.75) is 51.1 Å². The van der Waals surface area contributed by atoms with E-state index in [9.17, 15) is 4.79 Å². The van der Waals surface area contributed by atoms with E-state index in [1.54, 1.807) is 7.11 Å². The highest BCUT2D eigenvalue weighted by Crippen LogP contribution is 2.23. The first-order valence-corrected chi connectivity index (χ1v) is 6.22. The number of nitrogens with two attached hydrogens (primary N) is 1. The van der Waals surface area contributed by atoms with Gasteiger partial charge in [-0.05, 0) is 32.1 Å². The topological polar surface area (TPSA) is 64.3 Å². The molecule has 0 aliphatic heterocycles. The van der Waals surface area contributed by atoms with Crippen molar-refractivity contribution >= 4 is 5.91 Å². The normalized spacial score (nSPS) is 27.4. The molecule has 1 fully saturated rings. The van der Waals surface area contributed by atoms with Crippen molar-refractivity contribution in [1.29, 1.82) is 0 Å². The molecule has 0 aromatic carbocycles. The van der Waals surface area contributed by atoms with E-state index in [1.165, 1.54) is 0 Å². The van der Waals surface area contributed by atoms with E-state index in [2.05, 4.69) is 12.2 Å². The first-order valence-electron chi connectivity index (χ1n) is 6.22. The molecule has 0 aromatic heterocycles. The zero-order chi connectivity index (χ0) is 12.0. The van der Waals surface area contributed by atoms with Gasteiger partial charge in [0.2, 0.25) is 5.91 Å². The van der Waals surface area contributed by atoms with E-state index in [0.717, 1.165) is 32.1 Å². The fraction of sp³-hybridized carbons (Fsp3) is 0.917. The largest absolute Gasteiger partial charge is 0.383 e. The molecular weight excluding hydrogens is 204 g/mol. The predicted octanol–water partition coefficient (Wildman–Crippen LogP) is 1.05. The molecule has 1 atom stereocenters. The van der Waals surface area contributed by atoms with Crippen LogP contribution in [0.15, 0.2) is 0 Å². The summed E-state index contributed by atoms with van der Waals surface area (Å²) in [5, 5.41) is 3.05. The van der Waals surface area contributed by atoms with Crippen LogP contribution >= 0.6 is 0 Å². The molecule has 1 aliphatic carbocycles. The van der Waals surface area contributed by atoms with Crippen LogP contribution in [0.1, 0.15) is 39.0 Å². The molecule has 1 aliphatic rings. The lowest BCUT2D eigenvalue weighted by Crippen LogP contribution is -2.43. The summed E-state index contributed by atoms with van der Waals surface area (Å²) in [5.74, 6) is 0.335. The smallest absolute Gasteiger partial charge is 0.223 e. The van der Waals surface area contributed by atoms with Gasteiger partial charge in [0.25, 0.3) is 0 Å². The number of rotatable bonds is 5. The zero-order valence-corrected chi connectivity index (χ0v) is 10.4. The van der Waals surface area contributed by atoms with Crippen LogP contribution < -0.4 is 11.1 Å². The predicted molar refractivity (Wildman–Crippen MR) is 64.0 cm³/mol. The van der Waals surface area contributed by atoms with Crippen molar-refractivity contribution in [3.8, 4) is 0 Å². The number of carbonyl (C=O) groups is 1. The van der Waals surface area contributed by atoms with Gasteiger partial charge in [-0.15, -0.1) is 0 Å². The second-order valence-electron chi connectivity index (χ2n) is 4.68. The molecule has 0 heterocycles. The van der Waals surface area contributed by atoms with Gasteiger partial charge in [-0.3, -0.25) is 4.79 Å². The van der Waals surface area contributed by atoms with Crippen LogP contribution in [-0.4, -0.2) is 31.7 Å². The summed E-state index contributed by atoms with van der Waals surface area (Å²) in [7, 11) is 1.66. The summed E-state index contributed by atoms with van der Waals surface area (Å²) in [4.78, 5) is 11.9. The minimum atomic E-state index is 0.146. The molecule has 4 nitrogen and oxygen atoms in total. The number of methoxy groups -OCH3 is 1. The van der Waals surface area contributed by atoms with Gasteiger partial charge in [0, 0.05) is 19.1 Å². The lowest BCUT2D eigenvalue weighted by Gasteiger charge is -2.27. The first kappa shape index (κ1) is 13.5. The highest BCUT2D eigenvalue weighted by molar-refractivity contribution is 5.79. The van der Waals surface area contributed by atoms with Crippen molar-refractivity contribution in [2.75, 3.05) is 13.7 Å². The van der Waals surface area contributed by atoms with Crippen LogP contribution in [0.2, 0.25) is 0 Å². The summed E-state index contributed by atoms with van der Waals surface area (Å²) in [6.07, 6.45) is 4.71. The van der Waals surface area contributed by atoms with Crippen LogP contribution in [0.4, 0.5) is 0 Å². The second-order valence-corrected chi connectivity index (χ2v) is 4.68. The minimum absolute atomic E-state index is 0.146. The maximum atomic E-state index is 11.9. The first-order chi connectivity index (χ1) is 7.67. The van der Waals surface area contributed by atoms with Gasteiger partial charge in [-0.1, -0.05) is 6.92 Å². The molecule has 4 heteroatoms. The number of carbonyl (C=O) groups excluding carboxylic acids is 1. The maximum Gasteiger partial charge on any atom is 0.223 e. The summed E-state index contributed by atoms with van der Waals surface area (Å²) >= 11 is 0. The van der Waals surface area contributed by atoms with Crippen LogP contribution in [0.25, 0.3) is 0 Å². The Morgan fingerprint density at radius 1 is 1.44 bits per heavy atom. The SMILES string of the molecule is CCC(COC)NC(=O)C1CCC(N)CC1. The van der Waals surface area contributed by atoms with Gasteiger partial charge < -0.3 is 15.8 Å². The Bertz CT molecular complexity index is 213. The molecule has 0 radical (unpaired) electrons. The molecule has 0 aromatic rings.